The minimum absolute atomic E-state index is 0.105. The first-order chi connectivity index (χ1) is 14.8. The Morgan fingerprint density at radius 2 is 1.68 bits per heavy atom. The summed E-state index contributed by atoms with van der Waals surface area (Å²) in [6.45, 7) is 13.0. The fourth-order valence-electron chi connectivity index (χ4n) is 5.25. The average Bonchev–Trinajstić information content (AvgIpc) is 3.02. The third kappa shape index (κ3) is 4.85. The molecule has 0 bridgehead atoms. The second kappa shape index (κ2) is 9.13. The number of carbonyl (C=O) groups is 1. The van der Waals surface area contributed by atoms with Gasteiger partial charge < -0.3 is 14.2 Å². The Balaban J connectivity index is 1.39. The van der Waals surface area contributed by atoms with Crippen LogP contribution in [-0.2, 0) is 4.74 Å². The minimum Gasteiger partial charge on any atom is -0.373 e. The number of rotatable bonds is 4. The summed E-state index contributed by atoms with van der Waals surface area (Å²) in [5, 5.41) is 0. The molecule has 0 N–H and O–H groups in total. The van der Waals surface area contributed by atoms with Crippen LogP contribution in [0.3, 0.4) is 0 Å². The summed E-state index contributed by atoms with van der Waals surface area (Å²) in [4.78, 5) is 17.8. The number of hydrogen-bond acceptors (Lipinski definition) is 3. The Kier molecular flexibility index (Phi) is 6.49. The highest BCUT2D eigenvalue weighted by atomic mass is 19.1. The number of benzene rings is 1. The van der Waals surface area contributed by atoms with Gasteiger partial charge in [0.1, 0.15) is 5.82 Å². The van der Waals surface area contributed by atoms with Gasteiger partial charge in [0.2, 0.25) is 0 Å². The van der Waals surface area contributed by atoms with E-state index in [2.05, 4.69) is 18.7 Å². The lowest BCUT2D eigenvalue weighted by Crippen LogP contribution is -2.48. The fraction of sp³-hybridized carbons (Fsp3) is 0.560. The summed E-state index contributed by atoms with van der Waals surface area (Å²) in [5.41, 5.74) is 3.52. The zero-order chi connectivity index (χ0) is 22.1. The van der Waals surface area contributed by atoms with Gasteiger partial charge in [-0.2, -0.15) is 0 Å². The number of likely N-dealkylation sites (tertiary alicyclic amines) is 1. The van der Waals surface area contributed by atoms with Crippen LogP contribution in [0.1, 0.15) is 48.4 Å². The SMILES string of the molecule is Cc1cc(C(=O)N2CCC(CN3CC(C)OC(C)C3)CC2)c(C)n1-c1ccc(F)cc1. The van der Waals surface area contributed by atoms with Crippen molar-refractivity contribution in [2.75, 3.05) is 32.7 Å². The Bertz CT molecular complexity index is 906. The van der Waals surface area contributed by atoms with Crippen LogP contribution in [0, 0.1) is 25.6 Å². The molecule has 0 spiro atoms. The molecule has 4 rings (SSSR count). The van der Waals surface area contributed by atoms with Crippen molar-refractivity contribution in [1.82, 2.24) is 14.4 Å². The number of aromatic nitrogens is 1. The summed E-state index contributed by atoms with van der Waals surface area (Å²) in [5.74, 6) is 0.480. The number of piperidine rings is 1. The van der Waals surface area contributed by atoms with Gasteiger partial charge in [0.25, 0.3) is 5.91 Å². The van der Waals surface area contributed by atoms with Crippen molar-refractivity contribution in [2.45, 2.75) is 52.7 Å². The first-order valence-electron chi connectivity index (χ1n) is 11.4. The number of halogens is 1. The molecule has 0 aliphatic carbocycles. The predicted molar refractivity (Wildman–Crippen MR) is 120 cm³/mol. The van der Waals surface area contributed by atoms with Gasteiger partial charge >= 0.3 is 0 Å². The van der Waals surface area contributed by atoms with Crippen molar-refractivity contribution in [3.63, 3.8) is 0 Å². The zero-order valence-electron chi connectivity index (χ0n) is 19.1. The summed E-state index contributed by atoms with van der Waals surface area (Å²) < 4.78 is 21.2. The molecule has 2 unspecified atom stereocenters. The van der Waals surface area contributed by atoms with Gasteiger partial charge in [-0.3, -0.25) is 9.69 Å². The van der Waals surface area contributed by atoms with Crippen molar-refractivity contribution in [3.8, 4) is 5.69 Å². The molecule has 168 valence electrons. The van der Waals surface area contributed by atoms with E-state index in [-0.39, 0.29) is 11.7 Å². The first kappa shape index (κ1) is 22.0. The van der Waals surface area contributed by atoms with Gasteiger partial charge in [0, 0.05) is 49.8 Å². The second-order valence-corrected chi connectivity index (χ2v) is 9.31. The van der Waals surface area contributed by atoms with E-state index in [0.717, 1.165) is 68.2 Å². The van der Waals surface area contributed by atoms with E-state index in [4.69, 9.17) is 4.74 Å². The number of ether oxygens (including phenoxy) is 1. The predicted octanol–water partition coefficient (Wildman–Crippen LogP) is 4.19. The Morgan fingerprint density at radius 1 is 1.06 bits per heavy atom. The van der Waals surface area contributed by atoms with Crippen molar-refractivity contribution >= 4 is 5.91 Å². The Labute approximate surface area is 184 Å². The van der Waals surface area contributed by atoms with Gasteiger partial charge in [0.15, 0.2) is 0 Å². The van der Waals surface area contributed by atoms with Gasteiger partial charge in [-0.15, -0.1) is 0 Å². The molecule has 2 saturated heterocycles. The molecular formula is C25H34FN3O2. The number of aryl methyl sites for hydroxylation is 1. The molecule has 2 aliphatic heterocycles. The fourth-order valence-corrected chi connectivity index (χ4v) is 5.25. The summed E-state index contributed by atoms with van der Waals surface area (Å²) in [7, 11) is 0. The zero-order valence-corrected chi connectivity index (χ0v) is 19.1. The molecule has 3 heterocycles. The van der Waals surface area contributed by atoms with Crippen molar-refractivity contribution < 1.29 is 13.9 Å². The third-order valence-electron chi connectivity index (χ3n) is 6.66. The number of hydrogen-bond donors (Lipinski definition) is 0. The average molecular weight is 428 g/mol. The van der Waals surface area contributed by atoms with E-state index in [9.17, 15) is 9.18 Å². The maximum atomic E-state index is 13.3. The highest BCUT2D eigenvalue weighted by molar-refractivity contribution is 5.96. The van der Waals surface area contributed by atoms with Crippen LogP contribution in [0.25, 0.3) is 5.69 Å². The highest BCUT2D eigenvalue weighted by Crippen LogP contribution is 2.26. The van der Waals surface area contributed by atoms with Gasteiger partial charge in [-0.05, 0) is 76.8 Å². The monoisotopic (exact) mass is 427 g/mol. The molecule has 0 radical (unpaired) electrons. The lowest BCUT2D eigenvalue weighted by Gasteiger charge is -2.39. The third-order valence-corrected chi connectivity index (χ3v) is 6.66. The molecule has 31 heavy (non-hydrogen) atoms. The molecular weight excluding hydrogens is 393 g/mol. The first-order valence-corrected chi connectivity index (χ1v) is 11.4. The van der Waals surface area contributed by atoms with Crippen molar-refractivity contribution in [3.05, 3.63) is 53.1 Å². The number of nitrogens with zero attached hydrogens (tertiary/aromatic N) is 3. The number of carbonyl (C=O) groups excluding carboxylic acids is 1. The molecule has 6 heteroatoms. The molecule has 2 atom stereocenters. The van der Waals surface area contributed by atoms with E-state index in [1.165, 1.54) is 12.1 Å². The molecule has 2 aliphatic rings. The van der Waals surface area contributed by atoms with E-state index in [0.29, 0.717) is 18.1 Å². The lowest BCUT2D eigenvalue weighted by molar-refractivity contribution is -0.0728. The maximum absolute atomic E-state index is 13.3. The molecule has 1 aromatic carbocycles. The van der Waals surface area contributed by atoms with Crippen LogP contribution < -0.4 is 0 Å². The van der Waals surface area contributed by atoms with Crippen molar-refractivity contribution in [1.29, 1.82) is 0 Å². The normalized spacial score (nSPS) is 23.3. The van der Waals surface area contributed by atoms with Crippen LogP contribution in [0.5, 0.6) is 0 Å². The van der Waals surface area contributed by atoms with Crippen LogP contribution in [0.4, 0.5) is 4.39 Å². The number of morpholine rings is 1. The topological polar surface area (TPSA) is 37.7 Å². The molecule has 2 aromatic rings. The molecule has 1 aromatic heterocycles. The van der Waals surface area contributed by atoms with Gasteiger partial charge in [-0.1, -0.05) is 0 Å². The minimum atomic E-state index is -0.258. The summed E-state index contributed by atoms with van der Waals surface area (Å²) in [6, 6.07) is 8.38. The smallest absolute Gasteiger partial charge is 0.255 e. The Morgan fingerprint density at radius 3 is 2.29 bits per heavy atom. The van der Waals surface area contributed by atoms with Crippen LogP contribution in [0.2, 0.25) is 0 Å². The van der Waals surface area contributed by atoms with Crippen LogP contribution in [-0.4, -0.2) is 65.2 Å². The van der Waals surface area contributed by atoms with E-state index >= 15 is 0 Å². The highest BCUT2D eigenvalue weighted by Gasteiger charge is 2.29. The van der Waals surface area contributed by atoms with Gasteiger partial charge in [0.05, 0.1) is 17.8 Å². The molecule has 5 nitrogen and oxygen atoms in total. The molecule has 1 amide bonds. The van der Waals surface area contributed by atoms with Crippen LogP contribution in [0.15, 0.2) is 30.3 Å². The summed E-state index contributed by atoms with van der Waals surface area (Å²) >= 11 is 0. The second-order valence-electron chi connectivity index (χ2n) is 9.31. The standard InChI is InChI=1S/C25H34FN3O2/c1-17-13-24(20(4)29(17)23-7-5-22(26)6-8-23)25(30)28-11-9-21(10-12-28)16-27-14-18(2)31-19(3)15-27/h5-8,13,18-19,21H,9-12,14-16H2,1-4H3. The largest absolute Gasteiger partial charge is 0.373 e. The van der Waals surface area contributed by atoms with Crippen molar-refractivity contribution in [2.24, 2.45) is 5.92 Å². The van der Waals surface area contributed by atoms with Crippen LogP contribution >= 0.6 is 0 Å². The summed E-state index contributed by atoms with van der Waals surface area (Å²) in [6.07, 6.45) is 2.68. The quantitative estimate of drug-likeness (QED) is 0.734. The Hall–Kier alpha value is -2.18. The lowest BCUT2D eigenvalue weighted by atomic mass is 9.95. The van der Waals surface area contributed by atoms with Gasteiger partial charge in [-0.25, -0.2) is 4.39 Å². The maximum Gasteiger partial charge on any atom is 0.255 e. The number of amides is 1. The van der Waals surface area contributed by atoms with E-state index in [1.54, 1.807) is 12.1 Å². The molecule has 0 saturated carbocycles. The molecule has 2 fully saturated rings. The van der Waals surface area contributed by atoms with E-state index < -0.39 is 0 Å². The van der Waals surface area contributed by atoms with E-state index in [1.807, 2.05) is 29.4 Å².